The Morgan fingerprint density at radius 3 is 2.42 bits per heavy atom. The quantitative estimate of drug-likeness (QED) is 0.817. The number of nitrogens with one attached hydrogen (secondary N) is 1. The highest BCUT2D eigenvalue weighted by atomic mass is 19.2. The van der Waals surface area contributed by atoms with Crippen molar-refractivity contribution in [2.45, 2.75) is 0 Å². The molecule has 0 aliphatic carbocycles. The maximum Gasteiger partial charge on any atom is 0.184 e. The van der Waals surface area contributed by atoms with Crippen molar-refractivity contribution in [3.05, 3.63) is 53.3 Å². The van der Waals surface area contributed by atoms with Gasteiger partial charge in [-0.2, -0.15) is 5.26 Å². The summed E-state index contributed by atoms with van der Waals surface area (Å²) < 4.78 is 40.2. The molecule has 6 heteroatoms. The number of nitrogens with two attached hydrogens (primary N) is 1. The first-order valence-corrected chi connectivity index (χ1v) is 5.23. The number of hydrogen-bond donors (Lipinski definition) is 2. The van der Waals surface area contributed by atoms with Crippen molar-refractivity contribution in [1.29, 1.82) is 5.26 Å². The van der Waals surface area contributed by atoms with Gasteiger partial charge in [0.25, 0.3) is 0 Å². The summed E-state index contributed by atoms with van der Waals surface area (Å²) in [5.41, 5.74) is 5.12. The zero-order valence-corrected chi connectivity index (χ0v) is 9.55. The van der Waals surface area contributed by atoms with Crippen LogP contribution in [0.2, 0.25) is 0 Å². The summed E-state index contributed by atoms with van der Waals surface area (Å²) in [6.45, 7) is 0. The summed E-state index contributed by atoms with van der Waals surface area (Å²) in [6, 6.07) is 7.39. The van der Waals surface area contributed by atoms with Crippen LogP contribution in [0.5, 0.6) is 0 Å². The van der Waals surface area contributed by atoms with Crippen LogP contribution in [0.15, 0.2) is 30.3 Å². The van der Waals surface area contributed by atoms with Gasteiger partial charge in [-0.05, 0) is 30.3 Å². The highest BCUT2D eigenvalue weighted by Crippen LogP contribution is 2.29. The fourth-order valence-electron chi connectivity index (χ4n) is 1.51. The molecule has 3 N–H and O–H groups in total. The second-order valence-electron chi connectivity index (χ2n) is 3.76. The summed E-state index contributed by atoms with van der Waals surface area (Å²) in [6.07, 6.45) is 0. The smallest absolute Gasteiger partial charge is 0.184 e. The number of halogens is 3. The van der Waals surface area contributed by atoms with Gasteiger partial charge in [-0.25, -0.2) is 13.2 Å². The minimum absolute atomic E-state index is 0.0531. The molecule has 0 spiro atoms. The van der Waals surface area contributed by atoms with E-state index in [0.717, 1.165) is 12.1 Å². The third-order valence-electron chi connectivity index (χ3n) is 2.48. The van der Waals surface area contributed by atoms with E-state index in [2.05, 4.69) is 5.32 Å². The van der Waals surface area contributed by atoms with Crippen molar-refractivity contribution in [1.82, 2.24) is 0 Å². The summed E-state index contributed by atoms with van der Waals surface area (Å²) in [4.78, 5) is 0. The first kappa shape index (κ1) is 12.8. The predicted octanol–water partition coefficient (Wildman–Crippen LogP) is 3.30. The third kappa shape index (κ3) is 2.45. The Morgan fingerprint density at radius 1 is 1.05 bits per heavy atom. The van der Waals surface area contributed by atoms with Crippen molar-refractivity contribution in [3.63, 3.8) is 0 Å². The van der Waals surface area contributed by atoms with Crippen LogP contribution in [-0.2, 0) is 0 Å². The Kier molecular flexibility index (Phi) is 3.29. The van der Waals surface area contributed by atoms with Gasteiger partial charge in [-0.1, -0.05) is 0 Å². The lowest BCUT2D eigenvalue weighted by Crippen LogP contribution is -2.03. The molecule has 2 aromatic rings. The van der Waals surface area contributed by atoms with E-state index >= 15 is 0 Å². The Balaban J connectivity index is 2.42. The van der Waals surface area contributed by atoms with Gasteiger partial charge in [0.05, 0.1) is 23.0 Å². The van der Waals surface area contributed by atoms with E-state index in [1.54, 1.807) is 6.07 Å². The van der Waals surface area contributed by atoms with Gasteiger partial charge in [0.1, 0.15) is 11.5 Å². The molecule has 0 amide bonds. The van der Waals surface area contributed by atoms with Gasteiger partial charge in [-0.15, -0.1) is 0 Å². The van der Waals surface area contributed by atoms with Crippen molar-refractivity contribution >= 4 is 17.1 Å². The van der Waals surface area contributed by atoms with Crippen LogP contribution < -0.4 is 11.1 Å². The van der Waals surface area contributed by atoms with Crippen LogP contribution in [-0.4, -0.2) is 0 Å². The lowest BCUT2D eigenvalue weighted by molar-refractivity contribution is 0.512. The fourth-order valence-corrected chi connectivity index (χ4v) is 1.51. The zero-order valence-electron chi connectivity index (χ0n) is 9.55. The van der Waals surface area contributed by atoms with E-state index in [4.69, 9.17) is 11.0 Å². The van der Waals surface area contributed by atoms with Crippen LogP contribution >= 0.6 is 0 Å². The molecule has 0 saturated carbocycles. The maximum atomic E-state index is 13.6. The SMILES string of the molecule is N#Cc1ccc(Nc2c(N)ccc(F)c2F)c(F)c1. The Hall–Kier alpha value is -2.68. The monoisotopic (exact) mass is 263 g/mol. The van der Waals surface area contributed by atoms with Crippen molar-refractivity contribution in [2.75, 3.05) is 11.1 Å². The maximum absolute atomic E-state index is 13.6. The minimum Gasteiger partial charge on any atom is -0.397 e. The molecule has 0 aliphatic heterocycles. The molecule has 0 fully saturated rings. The third-order valence-corrected chi connectivity index (χ3v) is 2.48. The van der Waals surface area contributed by atoms with Gasteiger partial charge >= 0.3 is 0 Å². The number of nitrogen functional groups attached to an aromatic ring is 1. The van der Waals surface area contributed by atoms with Gasteiger partial charge in [-0.3, -0.25) is 0 Å². The number of anilines is 3. The molecule has 96 valence electrons. The number of rotatable bonds is 2. The van der Waals surface area contributed by atoms with Gasteiger partial charge in [0.15, 0.2) is 11.6 Å². The number of nitrogens with zero attached hydrogens (tertiary/aromatic N) is 1. The van der Waals surface area contributed by atoms with E-state index < -0.39 is 17.5 Å². The van der Waals surface area contributed by atoms with Crippen molar-refractivity contribution < 1.29 is 13.2 Å². The lowest BCUT2D eigenvalue weighted by atomic mass is 10.2. The molecule has 3 nitrogen and oxygen atoms in total. The van der Waals surface area contributed by atoms with E-state index in [0.29, 0.717) is 0 Å². The molecule has 0 bridgehead atoms. The van der Waals surface area contributed by atoms with E-state index in [1.165, 1.54) is 18.2 Å². The topological polar surface area (TPSA) is 61.8 Å². The standard InChI is InChI=1S/C13H8F3N3/c14-8-2-3-10(18)13(12(8)16)19-11-4-1-7(6-17)5-9(11)15/h1-5,19H,18H2. The summed E-state index contributed by atoms with van der Waals surface area (Å²) in [7, 11) is 0. The van der Waals surface area contributed by atoms with Gasteiger partial charge in [0, 0.05) is 0 Å². The Morgan fingerprint density at radius 2 is 1.79 bits per heavy atom. The molecule has 0 aliphatic rings. The van der Waals surface area contributed by atoms with Crippen LogP contribution in [0.3, 0.4) is 0 Å². The molecule has 0 saturated heterocycles. The van der Waals surface area contributed by atoms with Crippen LogP contribution in [0.1, 0.15) is 5.56 Å². The lowest BCUT2D eigenvalue weighted by Gasteiger charge is -2.11. The second-order valence-corrected chi connectivity index (χ2v) is 3.76. The molecule has 0 atom stereocenters. The summed E-state index contributed by atoms with van der Waals surface area (Å²) >= 11 is 0. The van der Waals surface area contributed by atoms with E-state index in [-0.39, 0.29) is 22.6 Å². The molecule has 0 aromatic heterocycles. The molecular weight excluding hydrogens is 255 g/mol. The number of hydrogen-bond acceptors (Lipinski definition) is 3. The average Bonchev–Trinajstić information content (AvgIpc) is 2.40. The highest BCUT2D eigenvalue weighted by Gasteiger charge is 2.13. The van der Waals surface area contributed by atoms with Gasteiger partial charge in [0.2, 0.25) is 0 Å². The van der Waals surface area contributed by atoms with Crippen molar-refractivity contribution in [3.8, 4) is 6.07 Å². The molecule has 0 heterocycles. The first-order valence-electron chi connectivity index (χ1n) is 5.23. The predicted molar refractivity (Wildman–Crippen MR) is 65.2 cm³/mol. The van der Waals surface area contributed by atoms with E-state index in [1.807, 2.05) is 0 Å². The Bertz CT molecular complexity index is 678. The molecule has 0 unspecified atom stereocenters. The largest absolute Gasteiger partial charge is 0.397 e. The Labute approximate surface area is 107 Å². The molecule has 2 aromatic carbocycles. The van der Waals surface area contributed by atoms with E-state index in [9.17, 15) is 13.2 Å². The fraction of sp³-hybridized carbons (Fsp3) is 0. The van der Waals surface area contributed by atoms with Crippen LogP contribution in [0.25, 0.3) is 0 Å². The average molecular weight is 263 g/mol. The number of nitriles is 1. The van der Waals surface area contributed by atoms with Crippen LogP contribution in [0, 0.1) is 28.8 Å². The molecule has 19 heavy (non-hydrogen) atoms. The second kappa shape index (κ2) is 4.90. The molecule has 0 radical (unpaired) electrons. The summed E-state index contributed by atoms with van der Waals surface area (Å²) in [5, 5.41) is 11.0. The normalized spacial score (nSPS) is 10.0. The minimum atomic E-state index is -1.19. The highest BCUT2D eigenvalue weighted by molar-refractivity contribution is 5.73. The van der Waals surface area contributed by atoms with Gasteiger partial charge < -0.3 is 11.1 Å². The first-order chi connectivity index (χ1) is 9.02. The number of benzene rings is 2. The summed E-state index contributed by atoms with van der Waals surface area (Å²) in [5.74, 6) is -3.04. The van der Waals surface area contributed by atoms with Crippen molar-refractivity contribution in [2.24, 2.45) is 0 Å². The molecule has 2 rings (SSSR count). The molecular formula is C13H8F3N3. The van der Waals surface area contributed by atoms with Crippen LogP contribution in [0.4, 0.5) is 30.2 Å². The zero-order chi connectivity index (χ0) is 14.0.